The fraction of sp³-hybridized carbons (Fsp3) is 0.750. The maximum atomic E-state index is 9.81. The molecular weight excluding hydrogens is 221 g/mol. The summed E-state index contributed by atoms with van der Waals surface area (Å²) in [7, 11) is 0. The first kappa shape index (κ1) is 11.0. The van der Waals surface area contributed by atoms with Crippen LogP contribution in [0.25, 0.3) is 0 Å². The van der Waals surface area contributed by atoms with Gasteiger partial charge >= 0.3 is 5.97 Å². The molecule has 0 aromatic carbocycles. The van der Waals surface area contributed by atoms with Gasteiger partial charge in [-0.15, -0.1) is 24.0 Å². The number of halogens is 1. The van der Waals surface area contributed by atoms with Gasteiger partial charge in [-0.2, -0.15) is 0 Å². The number of carboxylic acid groups (broad SMARTS) is 1. The molecule has 0 amide bonds. The summed E-state index contributed by atoms with van der Waals surface area (Å²) in [6.45, 7) is 1.73. The number of hydrogen-bond acceptors (Lipinski definition) is 2. The molecule has 3 nitrogen and oxygen atoms in total. The van der Waals surface area contributed by atoms with Crippen molar-refractivity contribution in [3.8, 4) is 0 Å². The van der Waals surface area contributed by atoms with Gasteiger partial charge in [0.1, 0.15) is 6.04 Å². The van der Waals surface area contributed by atoms with Crippen molar-refractivity contribution < 1.29 is 9.90 Å². The van der Waals surface area contributed by atoms with Gasteiger partial charge in [0, 0.05) is 0 Å². The summed E-state index contributed by atoms with van der Waals surface area (Å²) in [6, 6.07) is -0.681. The van der Waals surface area contributed by atoms with Gasteiger partial charge in [0.15, 0.2) is 0 Å². The monoisotopic (exact) mass is 231 g/mol. The van der Waals surface area contributed by atoms with E-state index in [2.05, 4.69) is 0 Å². The second-order valence-corrected chi connectivity index (χ2v) is 1.35. The van der Waals surface area contributed by atoms with Crippen LogP contribution in [-0.2, 0) is 4.79 Å². The van der Waals surface area contributed by atoms with E-state index < -0.39 is 12.0 Å². The fourth-order valence-corrected chi connectivity index (χ4v) is 0.175. The molecule has 0 aromatic heterocycles. The zero-order valence-electron chi connectivity index (χ0n) is 4.63. The average Bonchev–Trinajstić information content (AvgIpc) is 1.65. The molecule has 8 heavy (non-hydrogen) atoms. The van der Waals surface area contributed by atoms with Crippen LogP contribution in [0.15, 0.2) is 0 Å². The minimum absolute atomic E-state index is 0. The van der Waals surface area contributed by atoms with Gasteiger partial charge in [0.25, 0.3) is 0 Å². The van der Waals surface area contributed by atoms with Gasteiger partial charge < -0.3 is 10.8 Å². The molecule has 0 rings (SSSR count). The van der Waals surface area contributed by atoms with Crippen LogP contribution in [0.4, 0.5) is 0 Å². The zero-order chi connectivity index (χ0) is 5.86. The second kappa shape index (κ2) is 5.30. The number of nitrogens with two attached hydrogens (primary N) is 1. The molecule has 0 bridgehead atoms. The number of carbonyl (C=O) groups is 1. The highest BCUT2D eigenvalue weighted by Crippen LogP contribution is 1.82. The molecule has 0 saturated heterocycles. The molecule has 0 heterocycles. The van der Waals surface area contributed by atoms with E-state index in [0.29, 0.717) is 6.42 Å². The number of aliphatic carboxylic acids is 1. The Bertz CT molecular complexity index is 76.4. The van der Waals surface area contributed by atoms with Gasteiger partial charge in [-0.3, -0.25) is 4.79 Å². The predicted molar refractivity (Wildman–Crippen MR) is 41.3 cm³/mol. The van der Waals surface area contributed by atoms with Crippen LogP contribution in [0.1, 0.15) is 13.3 Å². The third-order valence-corrected chi connectivity index (χ3v) is 0.757. The molecule has 0 aliphatic carbocycles. The van der Waals surface area contributed by atoms with Crippen molar-refractivity contribution in [3.63, 3.8) is 0 Å². The first-order chi connectivity index (χ1) is 3.18. The first-order valence-electron chi connectivity index (χ1n) is 2.17. The van der Waals surface area contributed by atoms with Crippen LogP contribution in [0.3, 0.4) is 0 Å². The highest BCUT2D eigenvalue weighted by Gasteiger charge is 2.05. The number of hydrogen-bond donors (Lipinski definition) is 2. The summed E-state index contributed by atoms with van der Waals surface area (Å²) >= 11 is 0. The molecule has 0 fully saturated rings. The van der Waals surface area contributed by atoms with E-state index in [0.717, 1.165) is 0 Å². The van der Waals surface area contributed by atoms with Crippen LogP contribution in [-0.4, -0.2) is 17.1 Å². The Morgan fingerprint density at radius 3 is 2.25 bits per heavy atom. The van der Waals surface area contributed by atoms with E-state index in [1.807, 2.05) is 0 Å². The second-order valence-electron chi connectivity index (χ2n) is 1.35. The molecule has 1 unspecified atom stereocenters. The third-order valence-electron chi connectivity index (χ3n) is 0.757. The Kier molecular flexibility index (Phi) is 7.30. The highest BCUT2D eigenvalue weighted by molar-refractivity contribution is 14.0. The fourth-order valence-electron chi connectivity index (χ4n) is 0.175. The minimum Gasteiger partial charge on any atom is -0.480 e. The summed E-state index contributed by atoms with van der Waals surface area (Å²) in [5.74, 6) is -0.928. The number of carboxylic acids is 1. The van der Waals surface area contributed by atoms with Gasteiger partial charge in [-0.1, -0.05) is 6.92 Å². The molecule has 0 radical (unpaired) electrons. The third kappa shape index (κ3) is 4.32. The Morgan fingerprint density at radius 2 is 2.25 bits per heavy atom. The van der Waals surface area contributed by atoms with Gasteiger partial charge in [-0.25, -0.2) is 0 Å². The summed E-state index contributed by atoms with van der Waals surface area (Å²) in [5.41, 5.74) is 5.02. The molecule has 50 valence electrons. The molecular formula is C4H10INO2. The lowest BCUT2D eigenvalue weighted by Crippen LogP contribution is -2.28. The quantitative estimate of drug-likeness (QED) is 0.677. The van der Waals surface area contributed by atoms with Crippen LogP contribution < -0.4 is 5.73 Å². The van der Waals surface area contributed by atoms with Gasteiger partial charge in [-0.05, 0) is 6.42 Å². The lowest BCUT2D eigenvalue weighted by atomic mass is 10.2. The molecule has 0 aromatic rings. The largest absolute Gasteiger partial charge is 0.480 e. The van der Waals surface area contributed by atoms with E-state index in [1.54, 1.807) is 6.92 Å². The topological polar surface area (TPSA) is 63.3 Å². The van der Waals surface area contributed by atoms with E-state index in [-0.39, 0.29) is 24.0 Å². The van der Waals surface area contributed by atoms with Crippen molar-refractivity contribution in [1.29, 1.82) is 0 Å². The predicted octanol–water partition coefficient (Wildman–Crippen LogP) is 0.426. The lowest BCUT2D eigenvalue weighted by molar-refractivity contribution is -0.138. The normalized spacial score (nSPS) is 11.8. The van der Waals surface area contributed by atoms with Crippen molar-refractivity contribution in [3.05, 3.63) is 0 Å². The summed E-state index contributed by atoms with van der Waals surface area (Å²) in [6.07, 6.45) is 0.495. The molecule has 3 N–H and O–H groups in total. The molecule has 0 aliphatic rings. The van der Waals surface area contributed by atoms with E-state index in [9.17, 15) is 4.79 Å². The van der Waals surface area contributed by atoms with Gasteiger partial charge in [0.05, 0.1) is 0 Å². The van der Waals surface area contributed by atoms with Crippen molar-refractivity contribution >= 4 is 29.9 Å². The van der Waals surface area contributed by atoms with Crippen molar-refractivity contribution in [2.24, 2.45) is 5.73 Å². The zero-order valence-corrected chi connectivity index (χ0v) is 6.96. The molecule has 0 spiro atoms. The van der Waals surface area contributed by atoms with E-state index in [1.165, 1.54) is 0 Å². The van der Waals surface area contributed by atoms with Gasteiger partial charge in [0.2, 0.25) is 0 Å². The highest BCUT2D eigenvalue weighted by atomic mass is 127. The Hall–Kier alpha value is 0.160. The Morgan fingerprint density at radius 1 is 1.88 bits per heavy atom. The van der Waals surface area contributed by atoms with E-state index >= 15 is 0 Å². The average molecular weight is 231 g/mol. The minimum atomic E-state index is -0.928. The van der Waals surface area contributed by atoms with E-state index in [4.69, 9.17) is 10.8 Å². The molecule has 1 atom stereocenters. The van der Waals surface area contributed by atoms with Crippen LogP contribution in [0.2, 0.25) is 0 Å². The van der Waals surface area contributed by atoms with Crippen molar-refractivity contribution in [2.75, 3.05) is 0 Å². The summed E-state index contributed by atoms with van der Waals surface area (Å²) < 4.78 is 0. The number of rotatable bonds is 2. The summed E-state index contributed by atoms with van der Waals surface area (Å²) in [5, 5.41) is 8.06. The Labute approximate surface area is 65.3 Å². The molecule has 0 aliphatic heterocycles. The standard InChI is InChI=1S/C4H9NO2.HI/c1-2-3(5)4(6)7;/h3H,2,5H2,1H3,(H,6,7);1H. The summed E-state index contributed by atoms with van der Waals surface area (Å²) in [4.78, 5) is 9.81. The van der Waals surface area contributed by atoms with Crippen LogP contribution >= 0.6 is 24.0 Å². The lowest BCUT2D eigenvalue weighted by Gasteiger charge is -1.97. The smallest absolute Gasteiger partial charge is 0.320 e. The first-order valence-corrected chi connectivity index (χ1v) is 2.17. The van der Waals surface area contributed by atoms with Crippen molar-refractivity contribution in [1.82, 2.24) is 0 Å². The Balaban J connectivity index is 0. The SMILES string of the molecule is CCC(N)C(=O)O.I. The van der Waals surface area contributed by atoms with Crippen LogP contribution in [0.5, 0.6) is 0 Å². The molecule has 4 heteroatoms. The molecule has 0 saturated carbocycles. The van der Waals surface area contributed by atoms with Crippen LogP contribution in [0, 0.1) is 0 Å². The maximum Gasteiger partial charge on any atom is 0.320 e. The van der Waals surface area contributed by atoms with Crippen molar-refractivity contribution in [2.45, 2.75) is 19.4 Å². The maximum absolute atomic E-state index is 9.81.